The SMILES string of the molecule is CC(=O)c1ccc(C#N)c(NC2CCOCC2)c1. The molecule has 1 saturated heterocycles. The summed E-state index contributed by atoms with van der Waals surface area (Å²) in [5, 5.41) is 12.4. The predicted octanol–water partition coefficient (Wildman–Crippen LogP) is 2.35. The molecule has 1 aromatic rings. The molecule has 1 fully saturated rings. The number of nitrogens with one attached hydrogen (secondary N) is 1. The summed E-state index contributed by atoms with van der Waals surface area (Å²) in [7, 11) is 0. The molecule has 1 N–H and O–H groups in total. The summed E-state index contributed by atoms with van der Waals surface area (Å²) in [6, 6.07) is 7.60. The minimum atomic E-state index is 0.00881. The van der Waals surface area contributed by atoms with E-state index in [1.165, 1.54) is 6.92 Å². The van der Waals surface area contributed by atoms with Crippen LogP contribution in [0.25, 0.3) is 0 Å². The third-order valence-electron chi connectivity index (χ3n) is 3.13. The second-order valence-corrected chi connectivity index (χ2v) is 4.46. The van der Waals surface area contributed by atoms with E-state index < -0.39 is 0 Å². The number of carbonyl (C=O) groups excluding carboxylic acids is 1. The molecule has 0 bridgehead atoms. The van der Waals surface area contributed by atoms with Gasteiger partial charge in [0.25, 0.3) is 0 Å². The van der Waals surface area contributed by atoms with E-state index in [2.05, 4.69) is 11.4 Å². The quantitative estimate of drug-likeness (QED) is 0.829. The molecular weight excluding hydrogens is 228 g/mol. The number of nitrogens with zero attached hydrogens (tertiary/aromatic N) is 1. The van der Waals surface area contributed by atoms with Crippen molar-refractivity contribution < 1.29 is 9.53 Å². The number of ketones is 1. The molecule has 0 aliphatic carbocycles. The lowest BCUT2D eigenvalue weighted by Gasteiger charge is -2.24. The van der Waals surface area contributed by atoms with Crippen LogP contribution in [0.3, 0.4) is 0 Å². The number of hydrogen-bond donors (Lipinski definition) is 1. The number of anilines is 1. The second-order valence-electron chi connectivity index (χ2n) is 4.46. The Morgan fingerprint density at radius 3 is 2.78 bits per heavy atom. The number of carbonyl (C=O) groups is 1. The zero-order valence-corrected chi connectivity index (χ0v) is 10.4. The highest BCUT2D eigenvalue weighted by atomic mass is 16.5. The molecule has 4 nitrogen and oxygen atoms in total. The van der Waals surface area contributed by atoms with Crippen molar-refractivity contribution in [1.29, 1.82) is 5.26 Å². The molecule has 0 aromatic heterocycles. The van der Waals surface area contributed by atoms with Gasteiger partial charge in [0.1, 0.15) is 6.07 Å². The fraction of sp³-hybridized carbons (Fsp3) is 0.429. The molecule has 0 radical (unpaired) electrons. The Hall–Kier alpha value is -1.86. The normalized spacial score (nSPS) is 16.0. The number of hydrogen-bond acceptors (Lipinski definition) is 4. The van der Waals surface area contributed by atoms with Gasteiger partial charge >= 0.3 is 0 Å². The van der Waals surface area contributed by atoms with Gasteiger partial charge in [-0.15, -0.1) is 0 Å². The third kappa shape index (κ3) is 2.88. The average Bonchev–Trinajstić information content (AvgIpc) is 2.39. The standard InChI is InChI=1S/C14H16N2O2/c1-10(17)11-2-3-12(9-15)14(8-11)16-13-4-6-18-7-5-13/h2-3,8,13,16H,4-7H2,1H3. The van der Waals surface area contributed by atoms with Gasteiger partial charge in [0.15, 0.2) is 5.78 Å². The zero-order chi connectivity index (χ0) is 13.0. The first-order valence-corrected chi connectivity index (χ1v) is 6.10. The van der Waals surface area contributed by atoms with Crippen LogP contribution >= 0.6 is 0 Å². The lowest BCUT2D eigenvalue weighted by atomic mass is 10.0. The van der Waals surface area contributed by atoms with Crippen LogP contribution in [0, 0.1) is 11.3 Å². The predicted molar refractivity (Wildman–Crippen MR) is 68.6 cm³/mol. The zero-order valence-electron chi connectivity index (χ0n) is 10.4. The third-order valence-corrected chi connectivity index (χ3v) is 3.13. The van der Waals surface area contributed by atoms with Gasteiger partial charge in [-0.3, -0.25) is 4.79 Å². The summed E-state index contributed by atoms with van der Waals surface area (Å²) in [6.45, 7) is 3.01. The van der Waals surface area contributed by atoms with Gasteiger partial charge in [-0.25, -0.2) is 0 Å². The van der Waals surface area contributed by atoms with Crippen LogP contribution in [0.1, 0.15) is 35.7 Å². The highest BCUT2D eigenvalue weighted by molar-refractivity contribution is 5.95. The van der Waals surface area contributed by atoms with Crippen LogP contribution < -0.4 is 5.32 Å². The molecule has 0 unspecified atom stereocenters. The maximum Gasteiger partial charge on any atom is 0.159 e. The van der Waals surface area contributed by atoms with Gasteiger partial charge in [0.05, 0.1) is 11.3 Å². The van der Waals surface area contributed by atoms with Crippen LogP contribution in [0.5, 0.6) is 0 Å². The molecule has 94 valence electrons. The number of nitriles is 1. The van der Waals surface area contributed by atoms with E-state index in [1.54, 1.807) is 18.2 Å². The first-order valence-electron chi connectivity index (χ1n) is 6.10. The van der Waals surface area contributed by atoms with Gasteiger partial charge in [0.2, 0.25) is 0 Å². The van der Waals surface area contributed by atoms with Gasteiger partial charge in [-0.05, 0) is 38.0 Å². The van der Waals surface area contributed by atoms with E-state index in [0.29, 0.717) is 17.2 Å². The summed E-state index contributed by atoms with van der Waals surface area (Å²) < 4.78 is 5.30. The fourth-order valence-corrected chi connectivity index (χ4v) is 2.04. The van der Waals surface area contributed by atoms with Gasteiger partial charge in [0, 0.05) is 24.8 Å². The minimum absolute atomic E-state index is 0.00881. The first-order chi connectivity index (χ1) is 8.70. The van der Waals surface area contributed by atoms with Crippen molar-refractivity contribution in [3.8, 4) is 6.07 Å². The van der Waals surface area contributed by atoms with Crippen molar-refractivity contribution >= 4 is 11.5 Å². The molecular formula is C14H16N2O2. The molecule has 1 aromatic carbocycles. The smallest absolute Gasteiger partial charge is 0.159 e. The number of ether oxygens (including phenoxy) is 1. The summed E-state index contributed by atoms with van der Waals surface area (Å²) in [5.41, 5.74) is 1.95. The van der Waals surface area contributed by atoms with Gasteiger partial charge in [-0.1, -0.05) is 0 Å². The second kappa shape index (κ2) is 5.65. The van der Waals surface area contributed by atoms with Gasteiger partial charge in [-0.2, -0.15) is 5.26 Å². The van der Waals surface area contributed by atoms with Crippen molar-refractivity contribution in [2.75, 3.05) is 18.5 Å². The number of rotatable bonds is 3. The van der Waals surface area contributed by atoms with Crippen LogP contribution in [-0.2, 0) is 4.74 Å². The van der Waals surface area contributed by atoms with E-state index in [0.717, 1.165) is 31.7 Å². The minimum Gasteiger partial charge on any atom is -0.381 e. The van der Waals surface area contributed by atoms with E-state index in [9.17, 15) is 4.79 Å². The summed E-state index contributed by atoms with van der Waals surface area (Å²) in [6.07, 6.45) is 1.85. The maximum absolute atomic E-state index is 11.4. The molecule has 2 rings (SSSR count). The van der Waals surface area contributed by atoms with E-state index in [4.69, 9.17) is 10.00 Å². The van der Waals surface area contributed by atoms with E-state index in [-0.39, 0.29) is 5.78 Å². The van der Waals surface area contributed by atoms with Crippen molar-refractivity contribution in [3.05, 3.63) is 29.3 Å². The van der Waals surface area contributed by atoms with Crippen molar-refractivity contribution in [3.63, 3.8) is 0 Å². The Morgan fingerprint density at radius 1 is 1.44 bits per heavy atom. The lowest BCUT2D eigenvalue weighted by Crippen LogP contribution is -2.28. The monoisotopic (exact) mass is 244 g/mol. The van der Waals surface area contributed by atoms with Crippen LogP contribution in [0.4, 0.5) is 5.69 Å². The van der Waals surface area contributed by atoms with Gasteiger partial charge < -0.3 is 10.1 Å². The molecule has 1 aliphatic rings. The fourth-order valence-electron chi connectivity index (χ4n) is 2.04. The average molecular weight is 244 g/mol. The Morgan fingerprint density at radius 2 is 2.17 bits per heavy atom. The molecule has 0 atom stereocenters. The lowest BCUT2D eigenvalue weighted by molar-refractivity contribution is 0.0904. The molecule has 4 heteroatoms. The Balaban J connectivity index is 2.21. The maximum atomic E-state index is 11.4. The van der Waals surface area contributed by atoms with E-state index in [1.807, 2.05) is 0 Å². The largest absolute Gasteiger partial charge is 0.381 e. The van der Waals surface area contributed by atoms with Crippen LogP contribution in [0.2, 0.25) is 0 Å². The molecule has 0 amide bonds. The summed E-state index contributed by atoms with van der Waals surface area (Å²) in [4.78, 5) is 11.4. The summed E-state index contributed by atoms with van der Waals surface area (Å²) in [5.74, 6) is 0.00881. The topological polar surface area (TPSA) is 62.1 Å². The molecule has 1 aliphatic heterocycles. The molecule has 0 spiro atoms. The highest BCUT2D eigenvalue weighted by Crippen LogP contribution is 2.21. The Kier molecular flexibility index (Phi) is 3.96. The van der Waals surface area contributed by atoms with Crippen molar-refractivity contribution in [1.82, 2.24) is 0 Å². The summed E-state index contributed by atoms with van der Waals surface area (Å²) >= 11 is 0. The Bertz CT molecular complexity index is 485. The van der Waals surface area contributed by atoms with Crippen LogP contribution in [0.15, 0.2) is 18.2 Å². The highest BCUT2D eigenvalue weighted by Gasteiger charge is 2.15. The molecule has 0 saturated carbocycles. The first kappa shape index (κ1) is 12.6. The van der Waals surface area contributed by atoms with Crippen molar-refractivity contribution in [2.24, 2.45) is 0 Å². The molecule has 18 heavy (non-hydrogen) atoms. The molecule has 1 heterocycles. The van der Waals surface area contributed by atoms with Crippen molar-refractivity contribution in [2.45, 2.75) is 25.8 Å². The van der Waals surface area contributed by atoms with E-state index >= 15 is 0 Å². The Labute approximate surface area is 107 Å². The number of Topliss-reactive ketones (excluding diaryl/α,β-unsaturated/α-hetero) is 1. The number of benzene rings is 1. The van der Waals surface area contributed by atoms with Crippen LogP contribution in [-0.4, -0.2) is 25.0 Å².